The monoisotopic (exact) mass is 274 g/mol. The zero-order valence-corrected chi connectivity index (χ0v) is 14.0. The molecule has 2 aromatic rings. The summed E-state index contributed by atoms with van der Waals surface area (Å²) in [5, 5.41) is 0. The average molecular weight is 274 g/mol. The molecule has 5 nitrogen and oxygen atoms in total. The SMILES string of the molecule is CCn1c(=S)c2[n-]cnc2n(CC(C)C)c1=O.[Na+]. The van der Waals surface area contributed by atoms with E-state index in [4.69, 9.17) is 12.2 Å². The van der Waals surface area contributed by atoms with E-state index in [2.05, 4.69) is 23.8 Å². The number of imidazole rings is 1. The predicted molar refractivity (Wildman–Crippen MR) is 68.7 cm³/mol. The van der Waals surface area contributed by atoms with Crippen molar-refractivity contribution in [3.05, 3.63) is 21.5 Å². The first kappa shape index (κ1) is 15.6. The van der Waals surface area contributed by atoms with E-state index in [-0.39, 0.29) is 35.2 Å². The van der Waals surface area contributed by atoms with Gasteiger partial charge in [-0.3, -0.25) is 9.13 Å². The number of hydrogen-bond donors (Lipinski definition) is 0. The first-order valence-electron chi connectivity index (χ1n) is 5.67. The van der Waals surface area contributed by atoms with E-state index < -0.39 is 0 Å². The van der Waals surface area contributed by atoms with E-state index in [1.807, 2.05) is 6.92 Å². The summed E-state index contributed by atoms with van der Waals surface area (Å²) in [5.74, 6) is 0.369. The minimum Gasteiger partial charge on any atom is -0.439 e. The van der Waals surface area contributed by atoms with E-state index in [0.717, 1.165) is 0 Å². The number of rotatable bonds is 3. The molecule has 0 radical (unpaired) electrons. The van der Waals surface area contributed by atoms with E-state index in [9.17, 15) is 4.79 Å². The molecule has 2 rings (SSSR count). The fourth-order valence-corrected chi connectivity index (χ4v) is 2.22. The Morgan fingerprint density at radius 3 is 2.67 bits per heavy atom. The van der Waals surface area contributed by atoms with E-state index in [1.54, 1.807) is 9.13 Å². The molecule has 92 valence electrons. The third kappa shape index (κ3) is 2.61. The van der Waals surface area contributed by atoms with Crippen molar-refractivity contribution in [2.75, 3.05) is 0 Å². The Morgan fingerprint density at radius 2 is 2.11 bits per heavy atom. The number of fused-ring (bicyclic) bond motifs is 1. The zero-order valence-electron chi connectivity index (χ0n) is 11.2. The fraction of sp³-hybridized carbons (Fsp3) is 0.545. The largest absolute Gasteiger partial charge is 1.00 e. The summed E-state index contributed by atoms with van der Waals surface area (Å²) in [6.45, 7) is 7.21. The van der Waals surface area contributed by atoms with Crippen LogP contribution in [0.25, 0.3) is 11.2 Å². The minimum absolute atomic E-state index is 0. The first-order chi connectivity index (χ1) is 8.06. The Balaban J connectivity index is 0.00000162. The van der Waals surface area contributed by atoms with Gasteiger partial charge in [0.1, 0.15) is 4.64 Å². The van der Waals surface area contributed by atoms with Crippen LogP contribution in [-0.2, 0) is 13.1 Å². The Morgan fingerprint density at radius 1 is 1.44 bits per heavy atom. The van der Waals surface area contributed by atoms with Crippen LogP contribution in [0.15, 0.2) is 11.1 Å². The maximum atomic E-state index is 12.3. The normalized spacial score (nSPS) is 10.9. The smallest absolute Gasteiger partial charge is 0.439 e. The minimum atomic E-state index is -0.0980. The molecule has 0 saturated heterocycles. The molecule has 0 aliphatic carbocycles. The molecule has 2 heterocycles. The average Bonchev–Trinajstić information content (AvgIpc) is 2.73. The summed E-state index contributed by atoms with van der Waals surface area (Å²) in [5.41, 5.74) is 1.14. The van der Waals surface area contributed by atoms with E-state index >= 15 is 0 Å². The molecule has 0 aliphatic heterocycles. The number of nitrogens with zero attached hydrogens (tertiary/aromatic N) is 4. The molecule has 0 atom stereocenters. The van der Waals surface area contributed by atoms with Gasteiger partial charge in [-0.25, -0.2) is 4.79 Å². The van der Waals surface area contributed by atoms with Crippen LogP contribution in [0.1, 0.15) is 20.8 Å². The van der Waals surface area contributed by atoms with Gasteiger partial charge in [0.25, 0.3) is 0 Å². The molecular formula is C11H15N4NaOS. The second kappa shape index (κ2) is 6.14. The van der Waals surface area contributed by atoms with Gasteiger partial charge in [0.05, 0.1) is 0 Å². The maximum absolute atomic E-state index is 12.3. The van der Waals surface area contributed by atoms with Crippen molar-refractivity contribution in [3.63, 3.8) is 0 Å². The van der Waals surface area contributed by atoms with Crippen LogP contribution >= 0.6 is 12.2 Å². The summed E-state index contributed by atoms with van der Waals surface area (Å²) in [7, 11) is 0. The van der Waals surface area contributed by atoms with Gasteiger partial charge in [-0.15, -0.1) is 0 Å². The molecule has 0 N–H and O–H groups in total. The summed E-state index contributed by atoms with van der Waals surface area (Å²) in [6.07, 6.45) is 1.46. The Kier molecular flexibility index (Phi) is 5.33. The van der Waals surface area contributed by atoms with Gasteiger partial charge >= 0.3 is 35.2 Å². The van der Waals surface area contributed by atoms with Gasteiger partial charge in [-0.2, -0.15) is 0 Å². The molecule has 2 aromatic heterocycles. The van der Waals surface area contributed by atoms with Crippen molar-refractivity contribution in [3.8, 4) is 0 Å². The van der Waals surface area contributed by atoms with E-state index in [0.29, 0.717) is 34.8 Å². The van der Waals surface area contributed by atoms with Gasteiger partial charge in [-0.05, 0) is 12.8 Å². The van der Waals surface area contributed by atoms with Crippen molar-refractivity contribution in [2.24, 2.45) is 5.92 Å². The predicted octanol–water partition coefficient (Wildman–Crippen LogP) is -1.44. The number of aromatic nitrogens is 4. The van der Waals surface area contributed by atoms with Crippen molar-refractivity contribution < 1.29 is 29.6 Å². The zero-order chi connectivity index (χ0) is 12.6. The van der Waals surface area contributed by atoms with Crippen molar-refractivity contribution in [1.82, 2.24) is 19.1 Å². The molecule has 0 aromatic carbocycles. The van der Waals surface area contributed by atoms with Gasteiger partial charge in [0.15, 0.2) is 0 Å². The molecule has 0 bridgehead atoms. The van der Waals surface area contributed by atoms with Gasteiger partial charge in [-0.1, -0.05) is 32.4 Å². The third-order valence-electron chi connectivity index (χ3n) is 2.61. The topological polar surface area (TPSA) is 53.9 Å². The standard InChI is InChI=1S/C11H16N4OS.Na/c1-4-14-10(17)8-9(13-6-12-8)15(11(14)16)5-7(2)3;/h6-7H,4-5H2,1-3H3,(H,12,13,17);/q;+1/p-1. The van der Waals surface area contributed by atoms with Crippen LogP contribution in [0.4, 0.5) is 0 Å². The van der Waals surface area contributed by atoms with Gasteiger partial charge < -0.3 is 9.97 Å². The quantitative estimate of drug-likeness (QED) is 0.508. The molecule has 18 heavy (non-hydrogen) atoms. The van der Waals surface area contributed by atoms with Crippen molar-refractivity contribution in [1.29, 1.82) is 0 Å². The molecule has 0 amide bonds. The molecule has 7 heteroatoms. The fourth-order valence-electron chi connectivity index (χ4n) is 1.87. The molecule has 0 saturated carbocycles. The second-order valence-electron chi connectivity index (χ2n) is 4.38. The molecule has 0 aliphatic rings. The maximum Gasteiger partial charge on any atom is 1.00 e. The summed E-state index contributed by atoms with van der Waals surface area (Å²) in [4.78, 5) is 20.5. The Hall–Kier alpha value is -0.430. The summed E-state index contributed by atoms with van der Waals surface area (Å²) >= 11 is 5.25. The molecular weight excluding hydrogens is 259 g/mol. The summed E-state index contributed by atoms with van der Waals surface area (Å²) < 4.78 is 3.70. The molecule has 0 spiro atoms. The van der Waals surface area contributed by atoms with Crippen LogP contribution in [0.5, 0.6) is 0 Å². The van der Waals surface area contributed by atoms with Gasteiger partial charge in [0, 0.05) is 24.3 Å². The van der Waals surface area contributed by atoms with Gasteiger partial charge in [0.2, 0.25) is 0 Å². The van der Waals surface area contributed by atoms with Crippen LogP contribution < -0.4 is 40.2 Å². The Labute approximate surface area is 133 Å². The Bertz CT molecular complexity index is 655. The van der Waals surface area contributed by atoms with Crippen LogP contribution in [0.2, 0.25) is 0 Å². The number of hydrogen-bond acceptors (Lipinski definition) is 3. The van der Waals surface area contributed by atoms with Crippen molar-refractivity contribution >= 4 is 23.4 Å². The second-order valence-corrected chi connectivity index (χ2v) is 4.77. The van der Waals surface area contributed by atoms with Crippen LogP contribution in [0.3, 0.4) is 0 Å². The van der Waals surface area contributed by atoms with Crippen molar-refractivity contribution in [2.45, 2.75) is 33.9 Å². The van der Waals surface area contributed by atoms with Crippen LogP contribution in [0, 0.1) is 10.6 Å². The molecule has 0 unspecified atom stereocenters. The molecule has 0 fully saturated rings. The third-order valence-corrected chi connectivity index (χ3v) is 3.02. The van der Waals surface area contributed by atoms with Crippen LogP contribution in [-0.4, -0.2) is 14.1 Å². The first-order valence-corrected chi connectivity index (χ1v) is 6.08. The van der Waals surface area contributed by atoms with E-state index in [1.165, 1.54) is 6.33 Å². The summed E-state index contributed by atoms with van der Waals surface area (Å²) in [6, 6.07) is 0.